The van der Waals surface area contributed by atoms with Crippen molar-refractivity contribution in [2.24, 2.45) is 11.8 Å². The van der Waals surface area contributed by atoms with Crippen LogP contribution in [0.25, 0.3) is 0 Å². The molecule has 3 rings (SSSR count). The van der Waals surface area contributed by atoms with Gasteiger partial charge < -0.3 is 15.0 Å². The monoisotopic (exact) mass is 408 g/mol. The standard InChI is InChI=1S/C26H36N2O2/c1-20(2)19-30-25-15-11-22(12-16-25)17-27-26(29)28(18-23-7-5-4-6-8-23)24-13-9-21(3)10-14-24/h4-8,11-12,15-16,20-21,24H,9-10,13-14,17-19H2,1-3H3,(H,27,29). The van der Waals surface area contributed by atoms with Crippen LogP contribution in [0.15, 0.2) is 54.6 Å². The minimum atomic E-state index is 0.0264. The highest BCUT2D eigenvalue weighted by molar-refractivity contribution is 5.74. The summed E-state index contributed by atoms with van der Waals surface area (Å²) in [5, 5.41) is 3.14. The molecule has 1 N–H and O–H groups in total. The fraction of sp³-hybridized carbons (Fsp3) is 0.500. The topological polar surface area (TPSA) is 41.6 Å². The van der Waals surface area contributed by atoms with Crippen molar-refractivity contribution < 1.29 is 9.53 Å². The molecular weight excluding hydrogens is 372 g/mol. The average Bonchev–Trinajstić information content (AvgIpc) is 2.76. The lowest BCUT2D eigenvalue weighted by Gasteiger charge is -2.36. The SMILES string of the molecule is CC(C)COc1ccc(CNC(=O)N(Cc2ccccc2)C2CCC(C)CC2)cc1. The van der Waals surface area contributed by atoms with E-state index in [9.17, 15) is 4.79 Å². The van der Waals surface area contributed by atoms with E-state index in [1.54, 1.807) is 0 Å². The molecular formula is C26H36N2O2. The summed E-state index contributed by atoms with van der Waals surface area (Å²) in [6, 6.07) is 18.6. The number of benzene rings is 2. The van der Waals surface area contributed by atoms with E-state index in [0.29, 0.717) is 31.7 Å². The minimum Gasteiger partial charge on any atom is -0.493 e. The number of nitrogens with one attached hydrogen (secondary N) is 1. The number of urea groups is 1. The zero-order valence-electron chi connectivity index (χ0n) is 18.6. The lowest BCUT2D eigenvalue weighted by Crippen LogP contribution is -2.46. The maximum atomic E-state index is 13.1. The first-order chi connectivity index (χ1) is 14.5. The fourth-order valence-electron chi connectivity index (χ4n) is 3.95. The van der Waals surface area contributed by atoms with Crippen LogP contribution in [0.4, 0.5) is 4.79 Å². The van der Waals surface area contributed by atoms with Gasteiger partial charge in [0.25, 0.3) is 0 Å². The van der Waals surface area contributed by atoms with E-state index >= 15 is 0 Å². The van der Waals surface area contributed by atoms with Crippen LogP contribution in [0.3, 0.4) is 0 Å². The predicted molar refractivity (Wildman–Crippen MR) is 122 cm³/mol. The van der Waals surface area contributed by atoms with Gasteiger partial charge >= 0.3 is 6.03 Å². The molecule has 2 amide bonds. The maximum absolute atomic E-state index is 13.1. The molecule has 30 heavy (non-hydrogen) atoms. The van der Waals surface area contributed by atoms with E-state index in [4.69, 9.17) is 4.74 Å². The Kier molecular flexibility index (Phi) is 8.18. The molecule has 1 aliphatic rings. The third kappa shape index (κ3) is 6.79. The molecule has 4 heteroatoms. The van der Waals surface area contributed by atoms with Gasteiger partial charge in [-0.3, -0.25) is 0 Å². The normalized spacial score (nSPS) is 18.8. The number of hydrogen-bond donors (Lipinski definition) is 1. The molecule has 1 saturated carbocycles. The Labute approximate surface area is 181 Å². The second-order valence-electron chi connectivity index (χ2n) is 9.03. The Morgan fingerprint density at radius 1 is 1.00 bits per heavy atom. The van der Waals surface area contributed by atoms with Gasteiger partial charge in [-0.1, -0.05) is 63.2 Å². The van der Waals surface area contributed by atoms with Crippen LogP contribution >= 0.6 is 0 Å². The molecule has 0 radical (unpaired) electrons. The molecule has 0 unspecified atom stereocenters. The molecule has 4 nitrogen and oxygen atoms in total. The molecule has 0 heterocycles. The number of amides is 2. The highest BCUT2D eigenvalue weighted by atomic mass is 16.5. The highest BCUT2D eigenvalue weighted by Crippen LogP contribution is 2.28. The van der Waals surface area contributed by atoms with Gasteiger partial charge in [0.15, 0.2) is 0 Å². The Morgan fingerprint density at radius 2 is 1.67 bits per heavy atom. The first kappa shape index (κ1) is 22.2. The molecule has 1 aliphatic carbocycles. The molecule has 0 aliphatic heterocycles. The lowest BCUT2D eigenvalue weighted by atomic mass is 9.86. The highest BCUT2D eigenvalue weighted by Gasteiger charge is 2.27. The summed E-state index contributed by atoms with van der Waals surface area (Å²) in [5.41, 5.74) is 2.26. The third-order valence-corrected chi connectivity index (χ3v) is 5.83. The van der Waals surface area contributed by atoms with Gasteiger partial charge in [-0.2, -0.15) is 0 Å². The molecule has 2 aromatic carbocycles. The second kappa shape index (κ2) is 11.1. The fourth-order valence-corrected chi connectivity index (χ4v) is 3.95. The van der Waals surface area contributed by atoms with Crippen LogP contribution in [0.5, 0.6) is 5.75 Å². The molecule has 0 aromatic heterocycles. The Hall–Kier alpha value is -2.49. The van der Waals surface area contributed by atoms with Crippen molar-refractivity contribution in [1.82, 2.24) is 10.2 Å². The van der Waals surface area contributed by atoms with Gasteiger partial charge in [0.1, 0.15) is 5.75 Å². The van der Waals surface area contributed by atoms with Gasteiger partial charge in [-0.05, 0) is 60.8 Å². The van der Waals surface area contributed by atoms with Gasteiger partial charge in [-0.25, -0.2) is 4.79 Å². The summed E-state index contributed by atoms with van der Waals surface area (Å²) < 4.78 is 5.75. The summed E-state index contributed by atoms with van der Waals surface area (Å²) >= 11 is 0. The smallest absolute Gasteiger partial charge is 0.318 e. The van der Waals surface area contributed by atoms with Crippen molar-refractivity contribution in [2.75, 3.05) is 6.61 Å². The van der Waals surface area contributed by atoms with Crippen LogP contribution < -0.4 is 10.1 Å². The van der Waals surface area contributed by atoms with E-state index < -0.39 is 0 Å². The number of nitrogens with zero attached hydrogens (tertiary/aromatic N) is 1. The molecule has 162 valence electrons. The van der Waals surface area contributed by atoms with Crippen molar-refractivity contribution in [1.29, 1.82) is 0 Å². The second-order valence-corrected chi connectivity index (χ2v) is 9.03. The van der Waals surface area contributed by atoms with Crippen LogP contribution in [-0.4, -0.2) is 23.6 Å². The summed E-state index contributed by atoms with van der Waals surface area (Å²) in [5.74, 6) is 2.14. The average molecular weight is 409 g/mol. The maximum Gasteiger partial charge on any atom is 0.318 e. The zero-order valence-corrected chi connectivity index (χ0v) is 18.6. The van der Waals surface area contributed by atoms with Crippen LogP contribution in [0, 0.1) is 11.8 Å². The largest absolute Gasteiger partial charge is 0.493 e. The Bertz CT molecular complexity index is 765. The number of rotatable bonds is 8. The molecule has 0 bridgehead atoms. The Balaban J connectivity index is 1.59. The van der Waals surface area contributed by atoms with Crippen molar-refractivity contribution in [3.63, 3.8) is 0 Å². The predicted octanol–water partition coefficient (Wildman–Crippen LogP) is 6.01. The third-order valence-electron chi connectivity index (χ3n) is 5.83. The van der Waals surface area contributed by atoms with Gasteiger partial charge in [-0.15, -0.1) is 0 Å². The summed E-state index contributed by atoms with van der Waals surface area (Å²) in [4.78, 5) is 15.2. The number of carbonyl (C=O) groups is 1. The summed E-state index contributed by atoms with van der Waals surface area (Å²) in [6.07, 6.45) is 4.56. The van der Waals surface area contributed by atoms with E-state index in [0.717, 1.165) is 30.1 Å². The summed E-state index contributed by atoms with van der Waals surface area (Å²) in [7, 11) is 0. The van der Waals surface area contributed by atoms with Crippen LogP contribution in [0.2, 0.25) is 0 Å². The van der Waals surface area contributed by atoms with Crippen molar-refractivity contribution >= 4 is 6.03 Å². The van der Waals surface area contributed by atoms with E-state index in [1.165, 1.54) is 18.4 Å². The van der Waals surface area contributed by atoms with E-state index in [-0.39, 0.29) is 6.03 Å². The minimum absolute atomic E-state index is 0.0264. The molecule has 2 aromatic rings. The van der Waals surface area contributed by atoms with Crippen LogP contribution in [0.1, 0.15) is 57.6 Å². The van der Waals surface area contributed by atoms with Crippen molar-refractivity contribution in [3.8, 4) is 5.75 Å². The van der Waals surface area contributed by atoms with Crippen molar-refractivity contribution in [3.05, 3.63) is 65.7 Å². The lowest BCUT2D eigenvalue weighted by molar-refractivity contribution is 0.140. The molecule has 1 fully saturated rings. The summed E-state index contributed by atoms with van der Waals surface area (Å²) in [6.45, 7) is 8.48. The molecule has 0 atom stereocenters. The Morgan fingerprint density at radius 3 is 2.30 bits per heavy atom. The number of hydrogen-bond acceptors (Lipinski definition) is 2. The molecule has 0 saturated heterocycles. The van der Waals surface area contributed by atoms with E-state index in [1.807, 2.05) is 47.4 Å². The first-order valence-electron chi connectivity index (χ1n) is 11.3. The number of carbonyl (C=O) groups excluding carboxylic acids is 1. The quantitative estimate of drug-likeness (QED) is 0.581. The van der Waals surface area contributed by atoms with E-state index in [2.05, 4.69) is 38.2 Å². The van der Waals surface area contributed by atoms with Gasteiger partial charge in [0, 0.05) is 19.1 Å². The van der Waals surface area contributed by atoms with Gasteiger partial charge in [0.2, 0.25) is 0 Å². The first-order valence-corrected chi connectivity index (χ1v) is 11.3. The van der Waals surface area contributed by atoms with Crippen LogP contribution in [-0.2, 0) is 13.1 Å². The molecule has 0 spiro atoms. The zero-order chi connectivity index (χ0) is 21.3. The van der Waals surface area contributed by atoms with Gasteiger partial charge in [0.05, 0.1) is 6.61 Å². The number of ether oxygens (including phenoxy) is 1. The van der Waals surface area contributed by atoms with Crippen molar-refractivity contribution in [2.45, 2.75) is 65.6 Å².